The van der Waals surface area contributed by atoms with Crippen LogP contribution in [0.1, 0.15) is 43.8 Å². The Morgan fingerprint density at radius 1 is 1.20 bits per heavy atom. The first-order chi connectivity index (χ1) is 9.74. The van der Waals surface area contributed by atoms with Gasteiger partial charge in [0.1, 0.15) is 0 Å². The molecule has 0 saturated heterocycles. The minimum Gasteiger partial charge on any atom is -0.309 e. The summed E-state index contributed by atoms with van der Waals surface area (Å²) in [7, 11) is 0. The average Bonchev–Trinajstić information content (AvgIpc) is 2.93. The molecule has 0 radical (unpaired) electrons. The van der Waals surface area contributed by atoms with Gasteiger partial charge in [-0.1, -0.05) is 19.3 Å². The lowest BCUT2D eigenvalue weighted by Crippen LogP contribution is -2.22. The lowest BCUT2D eigenvalue weighted by atomic mass is 9.96. The molecule has 3 rings (SSSR count). The molecule has 5 heteroatoms. The van der Waals surface area contributed by atoms with Gasteiger partial charge in [0.2, 0.25) is 0 Å². The number of pyridine rings is 1. The van der Waals surface area contributed by atoms with Crippen LogP contribution in [-0.2, 0) is 6.54 Å². The van der Waals surface area contributed by atoms with Gasteiger partial charge in [0.25, 0.3) is 5.56 Å². The second kappa shape index (κ2) is 6.11. The fourth-order valence-electron chi connectivity index (χ4n) is 2.82. The zero-order valence-electron chi connectivity index (χ0n) is 11.3. The van der Waals surface area contributed by atoms with E-state index in [9.17, 15) is 4.79 Å². The quantitative estimate of drug-likeness (QED) is 0.764. The van der Waals surface area contributed by atoms with Gasteiger partial charge in [-0.05, 0) is 53.6 Å². The maximum Gasteiger partial charge on any atom is 0.264 e. The number of hydrogen-bond acceptors (Lipinski definition) is 2. The Morgan fingerprint density at radius 3 is 2.80 bits per heavy atom. The number of aromatic nitrogens is 3. The molecule has 0 atom stereocenters. The van der Waals surface area contributed by atoms with Crippen molar-refractivity contribution in [3.63, 3.8) is 0 Å². The molecule has 20 heavy (non-hydrogen) atoms. The summed E-state index contributed by atoms with van der Waals surface area (Å²) in [5.41, 5.74) is 1.01. The van der Waals surface area contributed by atoms with Gasteiger partial charge in [0, 0.05) is 12.4 Å². The first kappa shape index (κ1) is 13.9. The highest BCUT2D eigenvalue weighted by Crippen LogP contribution is 2.27. The van der Waals surface area contributed by atoms with Crippen molar-refractivity contribution in [2.45, 2.75) is 44.7 Å². The number of hydrogen-bond donors (Lipinski definition) is 0. The van der Waals surface area contributed by atoms with Crippen LogP contribution in [0.3, 0.4) is 0 Å². The molecule has 0 unspecified atom stereocenters. The van der Waals surface area contributed by atoms with Crippen LogP contribution in [0.2, 0.25) is 0 Å². The van der Waals surface area contributed by atoms with E-state index in [-0.39, 0.29) is 5.56 Å². The standard InChI is InChI=1S/C15H18IN3O/c16-14-7-4-9-18(15(14)20)11-12-8-10-19(17-12)13-5-2-1-3-6-13/h4,7-10,13H,1-3,5-6,11H2. The van der Waals surface area contributed by atoms with Crippen molar-refractivity contribution in [3.8, 4) is 0 Å². The van der Waals surface area contributed by atoms with E-state index in [2.05, 4.69) is 38.6 Å². The Labute approximate surface area is 131 Å². The number of halogens is 1. The first-order valence-electron chi connectivity index (χ1n) is 7.13. The van der Waals surface area contributed by atoms with E-state index in [1.165, 1.54) is 32.1 Å². The van der Waals surface area contributed by atoms with E-state index >= 15 is 0 Å². The van der Waals surface area contributed by atoms with E-state index in [0.717, 1.165) is 9.26 Å². The minimum atomic E-state index is 0.0558. The largest absolute Gasteiger partial charge is 0.309 e. The monoisotopic (exact) mass is 383 g/mol. The minimum absolute atomic E-state index is 0.0558. The lowest BCUT2D eigenvalue weighted by molar-refractivity contribution is 0.328. The summed E-state index contributed by atoms with van der Waals surface area (Å²) in [4.78, 5) is 12.0. The molecule has 2 aromatic rings. The zero-order valence-corrected chi connectivity index (χ0v) is 13.5. The third-order valence-corrected chi connectivity index (χ3v) is 4.74. The van der Waals surface area contributed by atoms with Gasteiger partial charge in [-0.15, -0.1) is 0 Å². The maximum atomic E-state index is 12.0. The van der Waals surface area contributed by atoms with Crippen molar-refractivity contribution in [2.24, 2.45) is 0 Å². The fourth-order valence-corrected chi connectivity index (χ4v) is 3.33. The summed E-state index contributed by atoms with van der Waals surface area (Å²) >= 11 is 2.07. The molecule has 106 valence electrons. The molecule has 1 saturated carbocycles. The van der Waals surface area contributed by atoms with E-state index in [1.807, 2.05) is 24.4 Å². The smallest absolute Gasteiger partial charge is 0.264 e. The predicted molar refractivity (Wildman–Crippen MR) is 86.9 cm³/mol. The van der Waals surface area contributed by atoms with Gasteiger partial charge >= 0.3 is 0 Å². The molecular weight excluding hydrogens is 365 g/mol. The molecular formula is C15H18IN3O. The maximum absolute atomic E-state index is 12.0. The van der Waals surface area contributed by atoms with Crippen molar-refractivity contribution in [3.05, 3.63) is 50.2 Å². The van der Waals surface area contributed by atoms with Gasteiger partial charge < -0.3 is 4.57 Å². The van der Waals surface area contributed by atoms with Crippen LogP contribution >= 0.6 is 22.6 Å². The molecule has 0 amide bonds. The van der Waals surface area contributed by atoms with Crippen LogP contribution < -0.4 is 5.56 Å². The highest BCUT2D eigenvalue weighted by Gasteiger charge is 2.16. The Bertz CT molecular complexity index is 641. The first-order valence-corrected chi connectivity index (χ1v) is 8.21. The number of rotatable bonds is 3. The van der Waals surface area contributed by atoms with Crippen LogP contribution in [0.15, 0.2) is 35.4 Å². The van der Waals surface area contributed by atoms with Crippen molar-refractivity contribution in [1.82, 2.24) is 14.3 Å². The summed E-state index contributed by atoms with van der Waals surface area (Å²) in [5, 5.41) is 4.65. The molecule has 1 aliphatic rings. The zero-order chi connectivity index (χ0) is 13.9. The van der Waals surface area contributed by atoms with Gasteiger partial charge in [0.15, 0.2) is 0 Å². The molecule has 4 nitrogen and oxygen atoms in total. The Morgan fingerprint density at radius 2 is 2.00 bits per heavy atom. The molecule has 0 bridgehead atoms. The topological polar surface area (TPSA) is 39.8 Å². The highest BCUT2D eigenvalue weighted by atomic mass is 127. The number of nitrogens with zero attached hydrogens (tertiary/aromatic N) is 3. The third-order valence-electron chi connectivity index (χ3n) is 3.92. The van der Waals surface area contributed by atoms with Crippen molar-refractivity contribution in [1.29, 1.82) is 0 Å². The van der Waals surface area contributed by atoms with Crippen LogP contribution in [0.4, 0.5) is 0 Å². The molecule has 2 aromatic heterocycles. The Kier molecular flexibility index (Phi) is 4.24. The van der Waals surface area contributed by atoms with E-state index < -0.39 is 0 Å². The molecule has 2 heterocycles. The van der Waals surface area contributed by atoms with Gasteiger partial charge in [-0.25, -0.2) is 0 Å². The Hall–Kier alpha value is -1.11. The summed E-state index contributed by atoms with van der Waals surface area (Å²) in [6.45, 7) is 0.551. The molecule has 0 aromatic carbocycles. The molecule has 1 fully saturated rings. The fraction of sp³-hybridized carbons (Fsp3) is 0.467. The van der Waals surface area contributed by atoms with E-state index in [4.69, 9.17) is 0 Å². The van der Waals surface area contributed by atoms with Crippen LogP contribution in [0, 0.1) is 3.57 Å². The van der Waals surface area contributed by atoms with Gasteiger partial charge in [-0.2, -0.15) is 5.10 Å². The second-order valence-corrected chi connectivity index (χ2v) is 6.53. The summed E-state index contributed by atoms with van der Waals surface area (Å²) in [5.74, 6) is 0. The third kappa shape index (κ3) is 2.97. The van der Waals surface area contributed by atoms with E-state index in [0.29, 0.717) is 12.6 Å². The highest BCUT2D eigenvalue weighted by molar-refractivity contribution is 14.1. The van der Waals surface area contributed by atoms with Gasteiger partial charge in [-0.3, -0.25) is 9.48 Å². The lowest BCUT2D eigenvalue weighted by Gasteiger charge is -2.21. The molecule has 1 aliphatic carbocycles. The van der Waals surface area contributed by atoms with Crippen LogP contribution in [0.25, 0.3) is 0 Å². The SMILES string of the molecule is O=c1c(I)cccn1Cc1ccn(C2CCCCC2)n1. The molecule has 0 spiro atoms. The normalized spacial score (nSPS) is 16.4. The Balaban J connectivity index is 1.77. The second-order valence-electron chi connectivity index (χ2n) is 5.37. The summed E-state index contributed by atoms with van der Waals surface area (Å²) in [6.07, 6.45) is 10.3. The molecule has 0 aliphatic heterocycles. The van der Waals surface area contributed by atoms with Crippen LogP contribution in [0.5, 0.6) is 0 Å². The van der Waals surface area contributed by atoms with Gasteiger partial charge in [0.05, 0.1) is 21.9 Å². The average molecular weight is 383 g/mol. The van der Waals surface area contributed by atoms with Crippen molar-refractivity contribution in [2.75, 3.05) is 0 Å². The summed E-state index contributed by atoms with van der Waals surface area (Å²) in [6, 6.07) is 6.31. The van der Waals surface area contributed by atoms with E-state index in [1.54, 1.807) is 4.57 Å². The molecule has 0 N–H and O–H groups in total. The predicted octanol–water partition coefficient (Wildman–Crippen LogP) is 3.20. The van der Waals surface area contributed by atoms with Crippen molar-refractivity contribution < 1.29 is 0 Å². The van der Waals surface area contributed by atoms with Crippen molar-refractivity contribution >= 4 is 22.6 Å². The van der Waals surface area contributed by atoms with Crippen LogP contribution in [-0.4, -0.2) is 14.3 Å². The summed E-state index contributed by atoms with van der Waals surface area (Å²) < 4.78 is 4.56.